The van der Waals surface area contributed by atoms with E-state index in [-0.39, 0.29) is 11.5 Å². The van der Waals surface area contributed by atoms with Crippen molar-refractivity contribution in [2.24, 2.45) is 0 Å². The van der Waals surface area contributed by atoms with Gasteiger partial charge in [0.05, 0.1) is 5.39 Å². The summed E-state index contributed by atoms with van der Waals surface area (Å²) in [6.45, 7) is 0.732. The van der Waals surface area contributed by atoms with E-state index in [4.69, 9.17) is 27.9 Å². The second-order valence-electron chi connectivity index (χ2n) is 4.04. The molecule has 1 saturated heterocycles. The second kappa shape index (κ2) is 4.92. The minimum atomic E-state index is -0.116. The van der Waals surface area contributed by atoms with E-state index < -0.39 is 0 Å². The number of hydrogen-bond acceptors (Lipinski definition) is 4. The number of halogens is 3. The normalized spacial score (nSPS) is 20.5. The van der Waals surface area contributed by atoms with Crippen molar-refractivity contribution in [2.75, 3.05) is 6.61 Å². The maximum Gasteiger partial charge on any atom is 0.225 e. The second-order valence-corrected chi connectivity index (χ2v) is 5.49. The molecule has 3 rings (SSSR count). The monoisotopic (exact) mass is 350 g/mol. The van der Waals surface area contributed by atoms with Crippen molar-refractivity contribution in [2.45, 2.75) is 25.5 Å². The molecule has 8 heteroatoms. The fourth-order valence-corrected chi connectivity index (χ4v) is 3.16. The van der Waals surface area contributed by atoms with Gasteiger partial charge in [0.2, 0.25) is 5.28 Å². The molecule has 0 aromatic carbocycles. The Balaban J connectivity index is 2.17. The fraction of sp³-hybridized carbons (Fsp3) is 0.500. The van der Waals surface area contributed by atoms with Crippen LogP contribution in [0, 0.1) is 0 Å². The smallest absolute Gasteiger partial charge is 0.225 e. The minimum Gasteiger partial charge on any atom is -0.356 e. The molecular formula is C10H9BrCl2N4O. The summed E-state index contributed by atoms with van der Waals surface area (Å²) in [7, 11) is 0. The standard InChI is InChI=1S/C10H9BrCl2N4O/c11-7-6-8(12)14-10(13)15-9(6)17(16-7)5-3-1-2-4-18-5/h5H,1-4H2. The van der Waals surface area contributed by atoms with Crippen molar-refractivity contribution in [1.82, 2.24) is 19.7 Å². The Bertz CT molecular complexity index is 597. The molecule has 5 nitrogen and oxygen atoms in total. The van der Waals surface area contributed by atoms with Crippen LogP contribution in [0.1, 0.15) is 25.5 Å². The van der Waals surface area contributed by atoms with Gasteiger partial charge in [0.25, 0.3) is 0 Å². The average Bonchev–Trinajstić information content (AvgIpc) is 2.67. The molecule has 2 aromatic heterocycles. The van der Waals surface area contributed by atoms with Gasteiger partial charge in [-0.05, 0) is 46.8 Å². The van der Waals surface area contributed by atoms with Gasteiger partial charge in [0.15, 0.2) is 11.9 Å². The number of rotatable bonds is 1. The third-order valence-corrected chi connectivity index (χ3v) is 3.86. The minimum absolute atomic E-state index is 0.108. The third-order valence-electron chi connectivity index (χ3n) is 2.87. The predicted octanol–water partition coefficient (Wildman–Crippen LogP) is 3.59. The van der Waals surface area contributed by atoms with E-state index in [9.17, 15) is 0 Å². The van der Waals surface area contributed by atoms with Crippen molar-refractivity contribution >= 4 is 50.2 Å². The van der Waals surface area contributed by atoms with E-state index in [1.165, 1.54) is 0 Å². The summed E-state index contributed by atoms with van der Waals surface area (Å²) in [6.07, 6.45) is 2.97. The summed E-state index contributed by atoms with van der Waals surface area (Å²) in [4.78, 5) is 8.11. The molecule has 96 valence electrons. The first-order valence-electron chi connectivity index (χ1n) is 5.55. The molecular weight excluding hydrogens is 343 g/mol. The Kier molecular flexibility index (Phi) is 3.44. The van der Waals surface area contributed by atoms with Crippen LogP contribution in [0.15, 0.2) is 4.60 Å². The SMILES string of the molecule is Clc1nc(Cl)c2c(Br)nn(C3CCCCO3)c2n1. The molecule has 1 aliphatic rings. The van der Waals surface area contributed by atoms with E-state index >= 15 is 0 Å². The van der Waals surface area contributed by atoms with E-state index in [0.717, 1.165) is 25.9 Å². The van der Waals surface area contributed by atoms with Gasteiger partial charge < -0.3 is 4.74 Å². The third kappa shape index (κ3) is 2.11. The van der Waals surface area contributed by atoms with Crippen LogP contribution in [-0.4, -0.2) is 26.4 Å². The van der Waals surface area contributed by atoms with E-state index in [1.807, 2.05) is 0 Å². The number of ether oxygens (including phenoxy) is 1. The summed E-state index contributed by atoms with van der Waals surface area (Å²) in [6, 6.07) is 0. The van der Waals surface area contributed by atoms with Gasteiger partial charge in [-0.2, -0.15) is 10.1 Å². The van der Waals surface area contributed by atoms with Crippen LogP contribution in [0.3, 0.4) is 0 Å². The molecule has 1 aliphatic heterocycles. The Morgan fingerprint density at radius 2 is 2.11 bits per heavy atom. The van der Waals surface area contributed by atoms with Crippen LogP contribution < -0.4 is 0 Å². The summed E-state index contributed by atoms with van der Waals surface area (Å²) in [5, 5.41) is 5.44. The lowest BCUT2D eigenvalue weighted by molar-refractivity contribution is -0.0371. The molecule has 1 fully saturated rings. The average molecular weight is 352 g/mol. The Hall–Kier alpha value is -0.430. The van der Waals surface area contributed by atoms with Gasteiger partial charge in [-0.25, -0.2) is 9.67 Å². The maximum absolute atomic E-state index is 6.06. The molecule has 0 aliphatic carbocycles. The summed E-state index contributed by atoms with van der Waals surface area (Å²) in [5.41, 5.74) is 0.596. The predicted molar refractivity (Wildman–Crippen MR) is 71.9 cm³/mol. The van der Waals surface area contributed by atoms with Crippen LogP contribution >= 0.6 is 39.1 Å². The van der Waals surface area contributed by atoms with Crippen LogP contribution in [0.2, 0.25) is 10.4 Å². The molecule has 3 heterocycles. The fourth-order valence-electron chi connectivity index (χ4n) is 2.05. The lowest BCUT2D eigenvalue weighted by Gasteiger charge is -2.22. The number of aromatic nitrogens is 4. The van der Waals surface area contributed by atoms with Crippen LogP contribution in [-0.2, 0) is 4.74 Å². The van der Waals surface area contributed by atoms with Crippen LogP contribution in [0.4, 0.5) is 0 Å². The van der Waals surface area contributed by atoms with Crippen LogP contribution in [0.5, 0.6) is 0 Å². The highest BCUT2D eigenvalue weighted by Gasteiger charge is 2.23. The van der Waals surface area contributed by atoms with Gasteiger partial charge >= 0.3 is 0 Å². The molecule has 0 spiro atoms. The van der Waals surface area contributed by atoms with Crippen molar-refractivity contribution in [1.29, 1.82) is 0 Å². The highest BCUT2D eigenvalue weighted by atomic mass is 79.9. The van der Waals surface area contributed by atoms with Crippen molar-refractivity contribution < 1.29 is 4.74 Å². The Labute approximate surface area is 122 Å². The van der Waals surface area contributed by atoms with Crippen molar-refractivity contribution in [3.63, 3.8) is 0 Å². The zero-order chi connectivity index (χ0) is 12.7. The summed E-state index contributed by atoms with van der Waals surface area (Å²) in [5.74, 6) is 0. The zero-order valence-electron chi connectivity index (χ0n) is 9.24. The summed E-state index contributed by atoms with van der Waals surface area (Å²) < 4.78 is 8.02. The van der Waals surface area contributed by atoms with E-state index in [2.05, 4.69) is 31.0 Å². The topological polar surface area (TPSA) is 52.8 Å². The molecule has 1 unspecified atom stereocenters. The lowest BCUT2D eigenvalue weighted by Crippen LogP contribution is -2.19. The molecule has 0 saturated carbocycles. The quantitative estimate of drug-likeness (QED) is 0.582. The summed E-state index contributed by atoms with van der Waals surface area (Å²) >= 11 is 15.3. The molecule has 1 atom stereocenters. The number of hydrogen-bond donors (Lipinski definition) is 0. The first kappa shape index (κ1) is 12.6. The molecule has 2 aromatic rings. The van der Waals surface area contributed by atoms with Gasteiger partial charge in [0, 0.05) is 6.61 Å². The maximum atomic E-state index is 6.06. The van der Waals surface area contributed by atoms with Gasteiger partial charge in [-0.1, -0.05) is 11.6 Å². The highest BCUT2D eigenvalue weighted by molar-refractivity contribution is 9.10. The highest BCUT2D eigenvalue weighted by Crippen LogP contribution is 2.33. The zero-order valence-corrected chi connectivity index (χ0v) is 12.3. The lowest BCUT2D eigenvalue weighted by atomic mass is 10.2. The van der Waals surface area contributed by atoms with Gasteiger partial charge in [-0.15, -0.1) is 0 Å². The van der Waals surface area contributed by atoms with Crippen molar-refractivity contribution in [3.05, 3.63) is 15.0 Å². The van der Waals surface area contributed by atoms with E-state index in [1.54, 1.807) is 4.68 Å². The van der Waals surface area contributed by atoms with Crippen molar-refractivity contribution in [3.8, 4) is 0 Å². The van der Waals surface area contributed by atoms with Crippen LogP contribution in [0.25, 0.3) is 11.0 Å². The van der Waals surface area contributed by atoms with Gasteiger partial charge in [0.1, 0.15) is 9.76 Å². The molecule has 0 N–H and O–H groups in total. The molecule has 18 heavy (non-hydrogen) atoms. The van der Waals surface area contributed by atoms with Gasteiger partial charge in [-0.3, -0.25) is 0 Å². The first-order valence-corrected chi connectivity index (χ1v) is 7.10. The molecule has 0 radical (unpaired) electrons. The molecule has 0 amide bonds. The van der Waals surface area contributed by atoms with E-state index in [0.29, 0.717) is 20.8 Å². The largest absolute Gasteiger partial charge is 0.356 e. The first-order chi connectivity index (χ1) is 8.66. The Morgan fingerprint density at radius 1 is 1.28 bits per heavy atom. The Morgan fingerprint density at radius 3 is 2.83 bits per heavy atom. The molecule has 0 bridgehead atoms. The number of fused-ring (bicyclic) bond motifs is 1. The number of nitrogens with zero attached hydrogens (tertiary/aromatic N) is 4.